The Morgan fingerprint density at radius 1 is 1.27 bits per heavy atom. The van der Waals surface area contributed by atoms with Gasteiger partial charge in [0, 0.05) is 18.5 Å². The minimum absolute atomic E-state index is 0.0804. The molecule has 0 aromatic carbocycles. The van der Waals surface area contributed by atoms with Crippen molar-refractivity contribution >= 4 is 12.2 Å². The molecule has 8 N–H and O–H groups in total. The topological polar surface area (TPSA) is 148 Å². The summed E-state index contributed by atoms with van der Waals surface area (Å²) in [6.45, 7) is 7.13. The fourth-order valence-corrected chi connectivity index (χ4v) is 7.46. The number of allylic oxidation sites excluding steroid dienone is 1. The minimum atomic E-state index is -1.24. The van der Waals surface area contributed by atoms with E-state index in [9.17, 15) is 20.1 Å². The number of hydrogen-bond acceptors (Lipinski definition) is 8. The zero-order valence-corrected chi connectivity index (χ0v) is 24.7. The van der Waals surface area contributed by atoms with Crippen molar-refractivity contribution in [2.75, 3.05) is 26.3 Å². The first-order valence-corrected chi connectivity index (χ1v) is 15.7. The summed E-state index contributed by atoms with van der Waals surface area (Å²) in [6, 6.07) is 1.05. The second-order valence-corrected chi connectivity index (χ2v) is 13.4. The molecule has 4 aliphatic rings. The number of aliphatic imine (C=N–C) groups is 1. The molecule has 4 aliphatic heterocycles. The maximum Gasteiger partial charge on any atom is 0.306 e. The van der Waals surface area contributed by atoms with Gasteiger partial charge in [-0.15, -0.1) is 0 Å². The van der Waals surface area contributed by atoms with E-state index in [-0.39, 0.29) is 36.8 Å². The molecule has 228 valence electrons. The fraction of sp³-hybridized carbons (Fsp3) is 0.867. The van der Waals surface area contributed by atoms with Crippen molar-refractivity contribution in [3.05, 3.63) is 12.3 Å². The molecular formula is C30H55N6O4+. The van der Waals surface area contributed by atoms with Crippen LogP contribution in [-0.4, -0.2) is 100 Å². The molecule has 0 aliphatic carbocycles. The highest BCUT2D eigenvalue weighted by atomic mass is 16.4. The standard InChI is InChI=1S/C30H54N6O4/c1-22-26(37)17-24(35-15-13-32-21-35)25-16-23(9-14-36(22)25)8-6-4-3-5-7-10-30(40,19-28(38)39)20-34-29(2)11-12-33-27(31)18-29/h9,13-14,22-27,33-34,37,40H,3-8,10-12,15-21,31H2,1-2H3,(H,38,39)/p+1/t22-,23+,24-,25+,26+,27-,29+,30+/m0/s1. The number of rotatable bonds is 14. The Kier molecular flexibility index (Phi) is 11.0. The highest BCUT2D eigenvalue weighted by Gasteiger charge is 2.46. The number of nitrogens with two attached hydrogens (primary N) is 1. The largest absolute Gasteiger partial charge is 0.481 e. The van der Waals surface area contributed by atoms with Crippen molar-refractivity contribution in [2.24, 2.45) is 16.6 Å². The van der Waals surface area contributed by atoms with Crippen LogP contribution in [0.5, 0.6) is 0 Å². The summed E-state index contributed by atoms with van der Waals surface area (Å²) in [4.78, 5) is 19.8. The number of nitrogens with one attached hydrogen (secondary N) is 3. The summed E-state index contributed by atoms with van der Waals surface area (Å²) in [7, 11) is 0. The number of carboxylic acid groups (broad SMARTS) is 1. The van der Waals surface area contributed by atoms with Gasteiger partial charge in [0.05, 0.1) is 42.6 Å². The van der Waals surface area contributed by atoms with Crippen molar-refractivity contribution in [3.63, 3.8) is 0 Å². The number of piperidine rings is 2. The predicted molar refractivity (Wildman–Crippen MR) is 157 cm³/mol. The molecule has 0 aromatic rings. The van der Waals surface area contributed by atoms with Gasteiger partial charge in [-0.05, 0) is 64.6 Å². The molecule has 0 saturated carbocycles. The van der Waals surface area contributed by atoms with Gasteiger partial charge < -0.3 is 41.5 Å². The Balaban J connectivity index is 1.16. The normalized spacial score (nSPS) is 37.3. The van der Waals surface area contributed by atoms with Gasteiger partial charge in [-0.25, -0.2) is 4.99 Å². The lowest BCUT2D eigenvalue weighted by molar-refractivity contribution is -0.915. The number of nitrogens with zero attached hydrogens (tertiary/aromatic N) is 2. The summed E-state index contributed by atoms with van der Waals surface area (Å²) in [5.74, 6) is -0.385. The highest BCUT2D eigenvalue weighted by molar-refractivity contribution is 5.68. The molecule has 10 nitrogen and oxygen atoms in total. The maximum atomic E-state index is 11.5. The molecule has 0 bridgehead atoms. The van der Waals surface area contributed by atoms with Gasteiger partial charge in [0.1, 0.15) is 12.6 Å². The van der Waals surface area contributed by atoms with Crippen molar-refractivity contribution in [3.8, 4) is 0 Å². The number of quaternary nitrogens is 1. The van der Waals surface area contributed by atoms with Crippen LogP contribution in [0, 0.1) is 5.92 Å². The maximum absolute atomic E-state index is 11.5. The Labute approximate surface area is 240 Å². The van der Waals surface area contributed by atoms with Gasteiger partial charge in [0.2, 0.25) is 0 Å². The second kappa shape index (κ2) is 14.1. The predicted octanol–water partition coefficient (Wildman–Crippen LogP) is 0.592. The Hall–Kier alpha value is -1.56. The van der Waals surface area contributed by atoms with Crippen LogP contribution in [0.1, 0.15) is 90.9 Å². The second-order valence-electron chi connectivity index (χ2n) is 13.4. The number of unbranched alkanes of at least 4 members (excludes halogenated alkanes) is 4. The SMILES string of the molecule is C[C@H]1[C@H](O)C[C@H]([NH+]2CC=NC2)[C@H]2C[C@H](CCCCCCC[C@](O)(CN[C@]3(C)CCN[C@H](N)C3)CC(=O)O)C=CN21. The summed E-state index contributed by atoms with van der Waals surface area (Å²) in [6.07, 6.45) is 16.6. The van der Waals surface area contributed by atoms with Crippen molar-refractivity contribution in [1.29, 1.82) is 0 Å². The first kappa shape index (κ1) is 31.4. The molecule has 0 radical (unpaired) electrons. The van der Waals surface area contributed by atoms with Crippen LogP contribution in [0.4, 0.5) is 0 Å². The number of aliphatic carboxylic acids is 1. The van der Waals surface area contributed by atoms with Gasteiger partial charge in [0.15, 0.2) is 6.67 Å². The molecule has 9 atom stereocenters. The third-order valence-electron chi connectivity index (χ3n) is 10.0. The summed E-state index contributed by atoms with van der Waals surface area (Å²) in [5, 5.41) is 38.0. The van der Waals surface area contributed by atoms with Crippen LogP contribution < -0.4 is 21.3 Å². The van der Waals surface area contributed by atoms with Gasteiger partial charge in [-0.1, -0.05) is 38.2 Å². The van der Waals surface area contributed by atoms with Crippen molar-refractivity contribution in [2.45, 2.75) is 132 Å². The lowest BCUT2D eigenvalue weighted by Crippen LogP contribution is -3.16. The number of carbonyl (C=O) groups is 1. The zero-order valence-electron chi connectivity index (χ0n) is 24.7. The number of β-amino-alcohol motifs (C(OH)–C–C–N with tert-alkyl or cyclic N) is 1. The zero-order chi connectivity index (χ0) is 28.8. The monoisotopic (exact) mass is 563 g/mol. The molecule has 4 heterocycles. The average Bonchev–Trinajstić information content (AvgIpc) is 3.43. The van der Waals surface area contributed by atoms with Crippen molar-refractivity contribution < 1.29 is 25.0 Å². The van der Waals surface area contributed by atoms with Crippen LogP contribution in [0.25, 0.3) is 0 Å². The molecule has 4 rings (SSSR count). The minimum Gasteiger partial charge on any atom is -0.481 e. The first-order chi connectivity index (χ1) is 19.1. The molecule has 2 fully saturated rings. The van der Waals surface area contributed by atoms with E-state index in [2.05, 4.69) is 46.6 Å². The number of aliphatic hydroxyl groups excluding tert-OH is 1. The van der Waals surface area contributed by atoms with Crippen LogP contribution in [0.15, 0.2) is 17.3 Å². The molecule has 0 aromatic heterocycles. The molecular weight excluding hydrogens is 508 g/mol. The van der Waals surface area contributed by atoms with E-state index in [0.29, 0.717) is 24.4 Å². The summed E-state index contributed by atoms with van der Waals surface area (Å²) < 4.78 is 0. The molecule has 0 amide bonds. The van der Waals surface area contributed by atoms with Gasteiger partial charge >= 0.3 is 5.97 Å². The van der Waals surface area contributed by atoms with Crippen LogP contribution in [0.2, 0.25) is 0 Å². The van der Waals surface area contributed by atoms with E-state index in [0.717, 1.165) is 71.1 Å². The van der Waals surface area contributed by atoms with E-state index < -0.39 is 11.6 Å². The lowest BCUT2D eigenvalue weighted by atomic mass is 9.80. The van der Waals surface area contributed by atoms with E-state index in [4.69, 9.17) is 5.73 Å². The number of hydrogen-bond donors (Lipinski definition) is 7. The van der Waals surface area contributed by atoms with Gasteiger partial charge in [-0.2, -0.15) is 0 Å². The Morgan fingerprint density at radius 3 is 2.77 bits per heavy atom. The number of carboxylic acids is 1. The molecule has 10 heteroatoms. The smallest absolute Gasteiger partial charge is 0.306 e. The highest BCUT2D eigenvalue weighted by Crippen LogP contribution is 2.33. The van der Waals surface area contributed by atoms with Crippen LogP contribution >= 0.6 is 0 Å². The van der Waals surface area contributed by atoms with E-state index in [1.807, 2.05) is 6.21 Å². The van der Waals surface area contributed by atoms with Gasteiger partial charge in [0.25, 0.3) is 0 Å². The third-order valence-corrected chi connectivity index (χ3v) is 10.0. The van der Waals surface area contributed by atoms with Crippen LogP contribution in [0.3, 0.4) is 0 Å². The Morgan fingerprint density at radius 2 is 2.05 bits per heavy atom. The average molecular weight is 564 g/mol. The van der Waals surface area contributed by atoms with E-state index >= 15 is 0 Å². The quantitative estimate of drug-likeness (QED) is 0.152. The number of fused-ring (bicyclic) bond motifs is 1. The Bertz CT molecular complexity index is 880. The summed E-state index contributed by atoms with van der Waals surface area (Å²) in [5.41, 5.74) is 4.62. The molecule has 2 saturated heterocycles. The van der Waals surface area contributed by atoms with Crippen molar-refractivity contribution in [1.82, 2.24) is 15.5 Å². The molecule has 0 spiro atoms. The molecule has 40 heavy (non-hydrogen) atoms. The third kappa shape index (κ3) is 8.49. The lowest BCUT2D eigenvalue weighted by Gasteiger charge is -2.50. The summed E-state index contributed by atoms with van der Waals surface area (Å²) >= 11 is 0. The van der Waals surface area contributed by atoms with Gasteiger partial charge in [-0.3, -0.25) is 4.79 Å². The van der Waals surface area contributed by atoms with E-state index in [1.165, 1.54) is 17.7 Å². The molecule has 1 unspecified atom stereocenters. The van der Waals surface area contributed by atoms with E-state index in [1.54, 1.807) is 0 Å². The first-order valence-electron chi connectivity index (χ1n) is 15.7. The van der Waals surface area contributed by atoms with Crippen LogP contribution in [-0.2, 0) is 4.79 Å². The fourth-order valence-electron chi connectivity index (χ4n) is 7.46. The number of aliphatic hydroxyl groups is 2.